The maximum atomic E-state index is 12.5. The Kier molecular flexibility index (Phi) is 6.24. The van der Waals surface area contributed by atoms with Crippen LogP contribution in [0.4, 0.5) is 29.0 Å². The molecule has 21 heavy (non-hydrogen) atoms. The van der Waals surface area contributed by atoms with Crippen LogP contribution in [0.3, 0.4) is 0 Å². The summed E-state index contributed by atoms with van der Waals surface area (Å²) >= 11 is -5.08. The van der Waals surface area contributed by atoms with Crippen LogP contribution in [0.1, 0.15) is 5.56 Å². The molecule has 0 spiro atoms. The Balaban J connectivity index is 0.000000262. The number of benzene rings is 2. The molecule has 2 rings (SSSR count). The van der Waals surface area contributed by atoms with E-state index in [1.165, 1.54) is 5.56 Å². The molecule has 0 aliphatic heterocycles. The predicted molar refractivity (Wildman–Crippen MR) is 65.0 cm³/mol. The lowest BCUT2D eigenvalue weighted by atomic mass is 10.2. The van der Waals surface area contributed by atoms with Crippen LogP contribution < -0.4 is 4.43 Å². The maximum absolute atomic E-state index is 12.5. The fourth-order valence-electron chi connectivity index (χ4n) is 1.35. The third-order valence-corrected chi connectivity index (χ3v) is 3.35. The largest absolute Gasteiger partial charge is 0.808 e. The van der Waals surface area contributed by atoms with Crippen LogP contribution in [0, 0.1) is 36.0 Å². The van der Waals surface area contributed by atoms with Crippen LogP contribution in [0.15, 0.2) is 30.3 Å². The second-order valence-corrected chi connectivity index (χ2v) is 5.12. The van der Waals surface area contributed by atoms with E-state index < -0.39 is 48.6 Å². The maximum Gasteiger partial charge on any atom is 0.808 e. The highest BCUT2D eigenvalue weighted by atomic mass is 27.3. The first-order valence-corrected chi connectivity index (χ1v) is 7.03. The van der Waals surface area contributed by atoms with Gasteiger partial charge in [-0.1, -0.05) is 35.9 Å². The van der Waals surface area contributed by atoms with E-state index in [4.69, 9.17) is 0 Å². The number of hydrogen-bond acceptors (Lipinski definition) is 0. The van der Waals surface area contributed by atoms with Crippen LogP contribution in [0.2, 0.25) is 0 Å². The van der Waals surface area contributed by atoms with Crippen molar-refractivity contribution in [3.05, 3.63) is 65.0 Å². The van der Waals surface area contributed by atoms with Crippen molar-refractivity contribution in [2.24, 2.45) is 0 Å². The summed E-state index contributed by atoms with van der Waals surface area (Å²) in [6.07, 6.45) is 0. The lowest BCUT2D eigenvalue weighted by Crippen LogP contribution is -2.31. The molecule has 0 aromatic heterocycles. The highest BCUT2D eigenvalue weighted by Gasteiger charge is 2.38. The number of aryl methyl sites for hydroxylation is 1. The molecule has 0 amide bonds. The molecule has 0 heterocycles. The van der Waals surface area contributed by atoms with Gasteiger partial charge in [-0.2, -0.15) is 0 Å². The average molecular weight is 324 g/mol. The van der Waals surface area contributed by atoms with Crippen LogP contribution in [0.25, 0.3) is 0 Å². The minimum atomic E-state index is -5.08. The predicted octanol–water partition coefficient (Wildman–Crippen LogP) is 4.01. The molecular weight excluding hydrogens is 316 g/mol. The minimum Gasteiger partial charge on any atom is -0.370 e. The number of rotatable bonds is 1. The molecule has 2 aromatic carbocycles. The summed E-state index contributed by atoms with van der Waals surface area (Å²) in [7, 11) is 0. The van der Waals surface area contributed by atoms with Gasteiger partial charge >= 0.3 is 15.1 Å². The Hall–Kier alpha value is -1.52. The lowest BCUT2D eigenvalue weighted by Gasteiger charge is -2.04. The van der Waals surface area contributed by atoms with E-state index in [9.17, 15) is 29.0 Å². The average Bonchev–Trinajstić information content (AvgIpc) is 2.44. The first kappa shape index (κ1) is 17.5. The summed E-state index contributed by atoms with van der Waals surface area (Å²) in [6, 6.07) is 10.3. The molecule has 0 aliphatic carbocycles. The van der Waals surface area contributed by atoms with Crippen LogP contribution in [-0.4, -0.2) is 15.1 Å². The van der Waals surface area contributed by atoms with Crippen molar-refractivity contribution < 1.29 is 29.0 Å². The van der Waals surface area contributed by atoms with E-state index in [1.54, 1.807) is 0 Å². The van der Waals surface area contributed by atoms with E-state index in [0.717, 1.165) is 0 Å². The third-order valence-electron chi connectivity index (χ3n) is 2.40. The van der Waals surface area contributed by atoms with Gasteiger partial charge in [-0.25, -0.2) is 22.0 Å². The first-order valence-electron chi connectivity index (χ1n) is 5.58. The highest BCUT2D eigenvalue weighted by molar-refractivity contribution is 6.60. The van der Waals surface area contributed by atoms with Crippen LogP contribution in [0.5, 0.6) is 0 Å². The normalized spacial score (nSPS) is 9.90. The molecule has 0 radical (unpaired) electrons. The minimum absolute atomic E-state index is 1.32. The molecule has 0 atom stereocenters. The first-order chi connectivity index (χ1) is 9.77. The van der Waals surface area contributed by atoms with E-state index in [1.807, 2.05) is 18.2 Å². The number of hydrogen-bond donors (Lipinski definition) is 0. The molecule has 8 heteroatoms. The van der Waals surface area contributed by atoms with Crippen molar-refractivity contribution >= 4 is 19.5 Å². The standard InChI is InChI=1S/C7H8.C6F5.Al.2FH/c1-7-5-3-2-4-6-7;7-2-1-3(8)5(10)6(11)4(2)9;;;/h2-6H,1H3;;;2*1H/q;;+2;;/p-2. The quantitative estimate of drug-likeness (QED) is 0.322. The number of halogens is 7. The van der Waals surface area contributed by atoms with Gasteiger partial charge in [-0.3, -0.25) is 0 Å². The van der Waals surface area contributed by atoms with Gasteiger partial charge in [0.2, 0.25) is 0 Å². The van der Waals surface area contributed by atoms with Crippen molar-refractivity contribution in [1.82, 2.24) is 0 Å². The Labute approximate surface area is 121 Å². The summed E-state index contributed by atoms with van der Waals surface area (Å²) in [5, 5.41) is 0. The molecule has 2 aromatic rings. The fraction of sp³-hybridized carbons (Fsp3) is 0.0769. The third kappa shape index (κ3) is 4.22. The summed E-state index contributed by atoms with van der Waals surface area (Å²) < 4.78 is 83.9. The Morgan fingerprint density at radius 3 is 1.33 bits per heavy atom. The lowest BCUT2D eigenvalue weighted by molar-refractivity contribution is 0.382. The molecule has 0 nitrogen and oxygen atoms in total. The van der Waals surface area contributed by atoms with E-state index in [2.05, 4.69) is 19.1 Å². The SMILES string of the molecule is Cc1ccccc1.Fc1c(F)c(F)[c]([Al]([F])[F])c(F)c1F. The summed E-state index contributed by atoms with van der Waals surface area (Å²) in [5.41, 5.74) is 1.32. The molecule has 0 aliphatic rings. The Morgan fingerprint density at radius 2 is 1.05 bits per heavy atom. The fourth-order valence-corrected chi connectivity index (χ4v) is 1.98. The molecule has 0 bridgehead atoms. The summed E-state index contributed by atoms with van der Waals surface area (Å²) in [4.78, 5) is 0. The van der Waals surface area contributed by atoms with Crippen molar-refractivity contribution in [1.29, 1.82) is 0 Å². The molecule has 0 saturated carbocycles. The summed E-state index contributed by atoms with van der Waals surface area (Å²) in [5.74, 6) is -12.0. The van der Waals surface area contributed by atoms with Crippen molar-refractivity contribution in [3.8, 4) is 0 Å². The monoisotopic (exact) mass is 324 g/mol. The van der Waals surface area contributed by atoms with Crippen molar-refractivity contribution in [3.63, 3.8) is 0 Å². The second kappa shape index (κ2) is 7.48. The zero-order chi connectivity index (χ0) is 16.2. The molecule has 0 N–H and O–H groups in total. The van der Waals surface area contributed by atoms with Gasteiger partial charge in [0.25, 0.3) is 0 Å². The van der Waals surface area contributed by atoms with Gasteiger partial charge < -0.3 is 7.05 Å². The highest BCUT2D eigenvalue weighted by Crippen LogP contribution is 2.17. The summed E-state index contributed by atoms with van der Waals surface area (Å²) in [6.45, 7) is 2.08. The van der Waals surface area contributed by atoms with E-state index in [-0.39, 0.29) is 0 Å². The van der Waals surface area contributed by atoms with Crippen molar-refractivity contribution in [2.45, 2.75) is 6.92 Å². The Morgan fingerprint density at radius 1 is 0.667 bits per heavy atom. The zero-order valence-electron chi connectivity index (χ0n) is 10.6. The van der Waals surface area contributed by atoms with Gasteiger partial charge in [-0.15, -0.1) is 0 Å². The van der Waals surface area contributed by atoms with Crippen LogP contribution >= 0.6 is 0 Å². The van der Waals surface area contributed by atoms with Crippen molar-refractivity contribution in [2.75, 3.05) is 0 Å². The van der Waals surface area contributed by atoms with E-state index >= 15 is 0 Å². The zero-order valence-corrected chi connectivity index (χ0v) is 11.8. The molecule has 0 fully saturated rings. The molecule has 0 saturated heterocycles. The molecule has 112 valence electrons. The van der Waals surface area contributed by atoms with Gasteiger partial charge in [0.05, 0.1) is 0 Å². The smallest absolute Gasteiger partial charge is 0.370 e. The molecular formula is C13H8AlF7. The molecule has 0 unspecified atom stereocenters. The second-order valence-electron chi connectivity index (χ2n) is 3.94. The van der Waals surface area contributed by atoms with Gasteiger partial charge in [0, 0.05) is 4.43 Å². The van der Waals surface area contributed by atoms with Crippen LogP contribution in [-0.2, 0) is 0 Å². The van der Waals surface area contributed by atoms with Gasteiger partial charge in [0.15, 0.2) is 29.1 Å². The van der Waals surface area contributed by atoms with Gasteiger partial charge in [0.1, 0.15) is 0 Å². The van der Waals surface area contributed by atoms with Gasteiger partial charge in [-0.05, 0) is 6.92 Å². The topological polar surface area (TPSA) is 0 Å². The van der Waals surface area contributed by atoms with E-state index in [0.29, 0.717) is 0 Å². The Bertz CT molecular complexity index is 585.